The third-order valence-corrected chi connectivity index (χ3v) is 3.65. The molecular weight excluding hydrogens is 178 g/mol. The first-order valence-electron chi connectivity index (χ1n) is 5.69. The Labute approximate surface area is 85.8 Å². The molecule has 1 aliphatic heterocycles. The van der Waals surface area contributed by atoms with Crippen molar-refractivity contribution in [2.24, 2.45) is 5.41 Å². The van der Waals surface area contributed by atoms with Gasteiger partial charge in [-0.2, -0.15) is 0 Å². The first-order chi connectivity index (χ1) is 6.70. The van der Waals surface area contributed by atoms with Gasteiger partial charge in [0.1, 0.15) is 0 Å². The fourth-order valence-electron chi connectivity index (χ4n) is 2.52. The summed E-state index contributed by atoms with van der Waals surface area (Å²) in [6.07, 6.45) is 5.07. The van der Waals surface area contributed by atoms with Crippen molar-refractivity contribution in [2.75, 3.05) is 19.8 Å². The second-order valence-electron chi connectivity index (χ2n) is 5.11. The molecule has 14 heavy (non-hydrogen) atoms. The Bertz CT molecular complexity index is 190. The van der Waals surface area contributed by atoms with E-state index in [2.05, 4.69) is 12.2 Å². The largest absolute Gasteiger partial charge is 0.389 e. The summed E-state index contributed by atoms with van der Waals surface area (Å²) >= 11 is 0. The molecule has 0 aromatic carbocycles. The Morgan fingerprint density at radius 1 is 1.36 bits per heavy atom. The molecule has 2 N–H and O–H groups in total. The number of rotatable bonds is 3. The fraction of sp³-hybridized carbons (Fsp3) is 1.00. The van der Waals surface area contributed by atoms with E-state index in [1.165, 1.54) is 25.7 Å². The van der Waals surface area contributed by atoms with Gasteiger partial charge >= 0.3 is 0 Å². The van der Waals surface area contributed by atoms with Crippen LogP contribution in [0.2, 0.25) is 0 Å². The van der Waals surface area contributed by atoms with E-state index in [1.807, 2.05) is 0 Å². The van der Waals surface area contributed by atoms with Crippen LogP contribution in [0.15, 0.2) is 0 Å². The van der Waals surface area contributed by atoms with E-state index in [-0.39, 0.29) is 12.1 Å². The molecule has 0 radical (unpaired) electrons. The zero-order valence-electron chi connectivity index (χ0n) is 8.96. The Morgan fingerprint density at radius 3 is 2.64 bits per heavy atom. The number of hydrogen-bond acceptors (Lipinski definition) is 3. The summed E-state index contributed by atoms with van der Waals surface area (Å²) in [5.74, 6) is 0. The summed E-state index contributed by atoms with van der Waals surface area (Å²) in [5, 5.41) is 13.0. The standard InChI is InChI=1S/C11H21NO2/c1-11(4-2-3-5-11)8-12-9-6-14-7-10(9)13/h9-10,12-13H,2-8H2,1H3. The Hall–Kier alpha value is -0.120. The minimum Gasteiger partial charge on any atom is -0.389 e. The van der Waals surface area contributed by atoms with Crippen molar-refractivity contribution in [2.45, 2.75) is 44.8 Å². The molecule has 1 aliphatic carbocycles. The summed E-state index contributed by atoms with van der Waals surface area (Å²) in [5.41, 5.74) is 0.461. The van der Waals surface area contributed by atoms with Crippen LogP contribution in [0.5, 0.6) is 0 Å². The Balaban J connectivity index is 1.75. The van der Waals surface area contributed by atoms with E-state index in [9.17, 15) is 5.11 Å². The molecule has 3 nitrogen and oxygen atoms in total. The molecule has 2 atom stereocenters. The molecule has 3 heteroatoms. The van der Waals surface area contributed by atoms with Gasteiger partial charge in [-0.3, -0.25) is 0 Å². The van der Waals surface area contributed by atoms with E-state index >= 15 is 0 Å². The molecule has 1 saturated heterocycles. The molecule has 0 bridgehead atoms. The molecule has 1 saturated carbocycles. The van der Waals surface area contributed by atoms with Crippen LogP contribution in [-0.4, -0.2) is 37.0 Å². The summed E-state index contributed by atoms with van der Waals surface area (Å²) in [6, 6.07) is 0.160. The molecule has 0 spiro atoms. The first-order valence-corrected chi connectivity index (χ1v) is 5.69. The molecule has 0 aromatic heterocycles. The maximum Gasteiger partial charge on any atom is 0.0948 e. The topological polar surface area (TPSA) is 41.5 Å². The van der Waals surface area contributed by atoms with Gasteiger partial charge in [-0.1, -0.05) is 19.8 Å². The molecule has 82 valence electrons. The van der Waals surface area contributed by atoms with Crippen molar-refractivity contribution < 1.29 is 9.84 Å². The number of aliphatic hydroxyl groups excluding tert-OH is 1. The van der Waals surface area contributed by atoms with Crippen molar-refractivity contribution in [1.82, 2.24) is 5.32 Å². The van der Waals surface area contributed by atoms with Crippen LogP contribution < -0.4 is 5.32 Å². The average Bonchev–Trinajstić information content (AvgIpc) is 2.73. The fourth-order valence-corrected chi connectivity index (χ4v) is 2.52. The zero-order chi connectivity index (χ0) is 10.0. The molecule has 2 fully saturated rings. The van der Waals surface area contributed by atoms with Crippen LogP contribution in [0.3, 0.4) is 0 Å². The number of hydrogen-bond donors (Lipinski definition) is 2. The number of nitrogens with one attached hydrogen (secondary N) is 1. The molecule has 0 aromatic rings. The zero-order valence-corrected chi connectivity index (χ0v) is 8.96. The molecular formula is C11H21NO2. The second-order valence-corrected chi connectivity index (χ2v) is 5.11. The van der Waals surface area contributed by atoms with Crippen LogP contribution in [0, 0.1) is 5.41 Å². The number of ether oxygens (including phenoxy) is 1. The molecule has 2 rings (SSSR count). The van der Waals surface area contributed by atoms with Gasteiger partial charge in [0.2, 0.25) is 0 Å². The maximum atomic E-state index is 9.56. The van der Waals surface area contributed by atoms with Gasteiger partial charge in [0.25, 0.3) is 0 Å². The smallest absolute Gasteiger partial charge is 0.0948 e. The van der Waals surface area contributed by atoms with Crippen LogP contribution in [0.25, 0.3) is 0 Å². The lowest BCUT2D eigenvalue weighted by Crippen LogP contribution is -2.43. The van der Waals surface area contributed by atoms with Crippen molar-refractivity contribution in [3.05, 3.63) is 0 Å². The van der Waals surface area contributed by atoms with E-state index in [1.54, 1.807) is 0 Å². The third-order valence-electron chi connectivity index (χ3n) is 3.65. The lowest BCUT2D eigenvalue weighted by atomic mass is 9.88. The molecule has 2 unspecified atom stereocenters. The molecule has 1 heterocycles. The monoisotopic (exact) mass is 199 g/mol. The lowest BCUT2D eigenvalue weighted by molar-refractivity contribution is 0.121. The summed E-state index contributed by atoms with van der Waals surface area (Å²) in [6.45, 7) is 4.53. The van der Waals surface area contributed by atoms with Gasteiger partial charge < -0.3 is 15.2 Å². The highest BCUT2D eigenvalue weighted by Gasteiger charge is 2.32. The van der Waals surface area contributed by atoms with E-state index < -0.39 is 0 Å². The van der Waals surface area contributed by atoms with Gasteiger partial charge in [0.05, 0.1) is 25.4 Å². The Morgan fingerprint density at radius 2 is 2.07 bits per heavy atom. The highest BCUT2D eigenvalue weighted by atomic mass is 16.5. The first kappa shape index (κ1) is 10.4. The van der Waals surface area contributed by atoms with Gasteiger partial charge in [0.15, 0.2) is 0 Å². The van der Waals surface area contributed by atoms with Crippen molar-refractivity contribution >= 4 is 0 Å². The predicted molar refractivity (Wildman–Crippen MR) is 55.2 cm³/mol. The summed E-state index contributed by atoms with van der Waals surface area (Å²) in [4.78, 5) is 0. The Kier molecular flexibility index (Phi) is 3.10. The van der Waals surface area contributed by atoms with Gasteiger partial charge in [-0.25, -0.2) is 0 Å². The van der Waals surface area contributed by atoms with Crippen LogP contribution in [-0.2, 0) is 4.74 Å². The van der Waals surface area contributed by atoms with Gasteiger partial charge in [-0.05, 0) is 18.3 Å². The van der Waals surface area contributed by atoms with Crippen LogP contribution >= 0.6 is 0 Å². The predicted octanol–water partition coefficient (Wildman–Crippen LogP) is 0.916. The third kappa shape index (κ3) is 2.27. The number of aliphatic hydroxyl groups is 1. The van der Waals surface area contributed by atoms with E-state index in [4.69, 9.17) is 4.74 Å². The average molecular weight is 199 g/mol. The van der Waals surface area contributed by atoms with Crippen LogP contribution in [0.1, 0.15) is 32.6 Å². The van der Waals surface area contributed by atoms with Crippen molar-refractivity contribution in [3.63, 3.8) is 0 Å². The van der Waals surface area contributed by atoms with E-state index in [0.717, 1.165) is 6.54 Å². The SMILES string of the molecule is CC1(CNC2COCC2O)CCCC1. The van der Waals surface area contributed by atoms with E-state index in [0.29, 0.717) is 18.6 Å². The molecule has 0 amide bonds. The normalized spacial score (nSPS) is 36.4. The minimum absolute atomic E-state index is 0.160. The van der Waals surface area contributed by atoms with Gasteiger partial charge in [-0.15, -0.1) is 0 Å². The minimum atomic E-state index is -0.306. The van der Waals surface area contributed by atoms with Gasteiger partial charge in [0, 0.05) is 6.54 Å². The highest BCUT2D eigenvalue weighted by Crippen LogP contribution is 2.36. The van der Waals surface area contributed by atoms with Crippen LogP contribution in [0.4, 0.5) is 0 Å². The van der Waals surface area contributed by atoms with Crippen molar-refractivity contribution in [3.8, 4) is 0 Å². The lowest BCUT2D eigenvalue weighted by Gasteiger charge is -2.26. The maximum absolute atomic E-state index is 9.56. The molecule has 2 aliphatic rings. The van der Waals surface area contributed by atoms with Crippen molar-refractivity contribution in [1.29, 1.82) is 0 Å². The summed E-state index contributed by atoms with van der Waals surface area (Å²) < 4.78 is 5.20. The quantitative estimate of drug-likeness (QED) is 0.710. The second kappa shape index (κ2) is 4.17. The summed E-state index contributed by atoms with van der Waals surface area (Å²) in [7, 11) is 0. The highest BCUT2D eigenvalue weighted by molar-refractivity contribution is 4.87.